The van der Waals surface area contributed by atoms with Gasteiger partial charge in [0, 0.05) is 18.6 Å². The van der Waals surface area contributed by atoms with Gasteiger partial charge in [0.05, 0.1) is 43.5 Å². The van der Waals surface area contributed by atoms with E-state index in [4.69, 9.17) is 14.2 Å². The van der Waals surface area contributed by atoms with Crippen LogP contribution in [0.25, 0.3) is 0 Å². The van der Waals surface area contributed by atoms with Crippen molar-refractivity contribution in [3.05, 3.63) is 29.3 Å². The van der Waals surface area contributed by atoms with Crippen LogP contribution in [0.3, 0.4) is 0 Å². The number of nitrogens with zero attached hydrogens (tertiary/aromatic N) is 2. The van der Waals surface area contributed by atoms with Crippen LogP contribution in [0.5, 0.6) is 5.75 Å². The van der Waals surface area contributed by atoms with Crippen LogP contribution in [-0.2, 0) is 14.3 Å². The van der Waals surface area contributed by atoms with Gasteiger partial charge >= 0.3 is 0 Å². The van der Waals surface area contributed by atoms with Crippen LogP contribution in [-0.4, -0.2) is 60.1 Å². The first-order chi connectivity index (χ1) is 13.4. The molecule has 7 nitrogen and oxygen atoms in total. The lowest BCUT2D eigenvalue weighted by Crippen LogP contribution is -2.55. The number of ether oxygens (including phenoxy) is 3. The van der Waals surface area contributed by atoms with Crippen molar-refractivity contribution in [2.75, 3.05) is 26.4 Å². The predicted octanol–water partition coefficient (Wildman–Crippen LogP) is 2.18. The number of amides is 1. The lowest BCUT2D eigenvalue weighted by Gasteiger charge is -2.46. The molecule has 0 radical (unpaired) electrons. The lowest BCUT2D eigenvalue weighted by molar-refractivity contribution is -0.144. The van der Waals surface area contributed by atoms with E-state index in [2.05, 4.69) is 6.07 Å². The van der Waals surface area contributed by atoms with E-state index in [-0.39, 0.29) is 11.9 Å². The predicted molar refractivity (Wildman–Crippen MR) is 102 cm³/mol. The molecule has 152 valence electrons. The summed E-state index contributed by atoms with van der Waals surface area (Å²) in [5.41, 5.74) is 0.269. The van der Waals surface area contributed by atoms with Crippen LogP contribution in [0, 0.1) is 11.3 Å². The highest BCUT2D eigenvalue weighted by Crippen LogP contribution is 2.45. The van der Waals surface area contributed by atoms with Crippen LogP contribution in [0.2, 0.25) is 0 Å². The number of aliphatic hydroxyl groups is 1. The zero-order chi connectivity index (χ0) is 20.3. The van der Waals surface area contributed by atoms with E-state index in [0.29, 0.717) is 56.1 Å². The highest BCUT2D eigenvalue weighted by Gasteiger charge is 2.49. The fraction of sp³-hybridized carbons (Fsp3) is 0.619. The molecule has 2 aliphatic rings. The Balaban J connectivity index is 1.88. The third-order valence-corrected chi connectivity index (χ3v) is 5.40. The Bertz CT molecular complexity index is 758. The molecule has 0 spiro atoms. The van der Waals surface area contributed by atoms with Crippen LogP contribution in [0.15, 0.2) is 18.2 Å². The number of carbonyl (C=O) groups excluding carboxylic acids is 1. The maximum Gasteiger partial charge on any atom is 0.223 e. The Hall–Kier alpha value is -2.14. The van der Waals surface area contributed by atoms with Gasteiger partial charge in [0.15, 0.2) is 0 Å². The zero-order valence-electron chi connectivity index (χ0n) is 16.7. The summed E-state index contributed by atoms with van der Waals surface area (Å²) in [7, 11) is 0. The lowest BCUT2D eigenvalue weighted by atomic mass is 9.84. The minimum absolute atomic E-state index is 0.0199. The highest BCUT2D eigenvalue weighted by atomic mass is 16.5. The van der Waals surface area contributed by atoms with E-state index in [1.54, 1.807) is 36.9 Å². The van der Waals surface area contributed by atoms with Gasteiger partial charge in [-0.1, -0.05) is 0 Å². The molecule has 0 saturated carbocycles. The zero-order valence-corrected chi connectivity index (χ0v) is 16.7. The molecule has 2 heterocycles. The Labute approximate surface area is 165 Å². The molecule has 2 aliphatic heterocycles. The first-order valence-corrected chi connectivity index (χ1v) is 9.76. The summed E-state index contributed by atoms with van der Waals surface area (Å²) in [4.78, 5) is 14.5. The first kappa shape index (κ1) is 20.6. The van der Waals surface area contributed by atoms with Gasteiger partial charge in [0.1, 0.15) is 17.5 Å². The average molecular weight is 388 g/mol. The molecule has 1 amide bonds. The molecule has 3 rings (SSSR count). The molecule has 1 aromatic rings. The fourth-order valence-electron chi connectivity index (χ4n) is 3.93. The second kappa shape index (κ2) is 8.48. The molecule has 1 N–H and O–H groups in total. The summed E-state index contributed by atoms with van der Waals surface area (Å²) >= 11 is 0. The SMILES string of the molecule is CCOCCOC[C@@H]1CCC(=O)N1[C@H]1c2cc(C#N)ccc2OC(C)(C)[C@@H]1O. The van der Waals surface area contributed by atoms with Crippen molar-refractivity contribution >= 4 is 5.91 Å². The molecule has 0 aliphatic carbocycles. The maximum absolute atomic E-state index is 12.8. The number of hydrogen-bond donors (Lipinski definition) is 1. The Morgan fingerprint density at radius 2 is 2.11 bits per heavy atom. The highest BCUT2D eigenvalue weighted by molar-refractivity contribution is 5.79. The van der Waals surface area contributed by atoms with Crippen molar-refractivity contribution in [1.29, 1.82) is 5.26 Å². The smallest absolute Gasteiger partial charge is 0.223 e. The van der Waals surface area contributed by atoms with Gasteiger partial charge in [-0.05, 0) is 45.4 Å². The van der Waals surface area contributed by atoms with Crippen molar-refractivity contribution in [3.8, 4) is 11.8 Å². The molecule has 28 heavy (non-hydrogen) atoms. The number of rotatable bonds is 7. The molecule has 1 saturated heterocycles. The summed E-state index contributed by atoms with van der Waals surface area (Å²) in [6.45, 7) is 7.54. The molecular formula is C21H28N2O5. The first-order valence-electron chi connectivity index (χ1n) is 9.76. The van der Waals surface area contributed by atoms with Gasteiger partial charge < -0.3 is 24.2 Å². The van der Waals surface area contributed by atoms with E-state index in [1.165, 1.54) is 0 Å². The quantitative estimate of drug-likeness (QED) is 0.720. The van der Waals surface area contributed by atoms with Gasteiger partial charge in [-0.2, -0.15) is 5.26 Å². The minimum Gasteiger partial charge on any atom is -0.485 e. The maximum atomic E-state index is 12.8. The number of nitriles is 1. The van der Waals surface area contributed by atoms with Crippen LogP contribution in [0.1, 0.15) is 50.8 Å². The number of fused-ring (bicyclic) bond motifs is 1. The number of hydrogen-bond acceptors (Lipinski definition) is 6. The van der Waals surface area contributed by atoms with Crippen molar-refractivity contribution in [2.45, 2.75) is 57.4 Å². The van der Waals surface area contributed by atoms with Crippen molar-refractivity contribution in [3.63, 3.8) is 0 Å². The molecule has 1 fully saturated rings. The number of aliphatic hydroxyl groups excluding tert-OH is 1. The number of benzene rings is 1. The van der Waals surface area contributed by atoms with Gasteiger partial charge in [-0.15, -0.1) is 0 Å². The third kappa shape index (κ3) is 4.00. The molecule has 0 aromatic heterocycles. The second-order valence-electron chi connectivity index (χ2n) is 7.72. The standard InChI is InChI=1S/C21H28N2O5/c1-4-26-9-10-27-13-15-6-8-18(24)23(15)19-16-11-14(12-22)5-7-17(16)28-21(2,3)20(19)25/h5,7,11,15,19-20,25H,4,6,8-10,13H2,1-3H3/t15-,19-,20+/m0/s1. The molecule has 7 heteroatoms. The third-order valence-electron chi connectivity index (χ3n) is 5.40. The minimum atomic E-state index is -0.929. The van der Waals surface area contributed by atoms with Gasteiger partial charge in [0.25, 0.3) is 0 Å². The molecule has 1 aromatic carbocycles. The average Bonchev–Trinajstić information content (AvgIpc) is 3.02. The van der Waals surface area contributed by atoms with Crippen LogP contribution < -0.4 is 4.74 Å². The summed E-state index contributed by atoms with van der Waals surface area (Å²) in [6, 6.07) is 6.53. The van der Waals surface area contributed by atoms with Crippen LogP contribution in [0.4, 0.5) is 0 Å². The Kier molecular flexibility index (Phi) is 6.23. The largest absolute Gasteiger partial charge is 0.485 e. The Morgan fingerprint density at radius 1 is 1.36 bits per heavy atom. The number of carbonyl (C=O) groups is 1. The summed E-state index contributed by atoms with van der Waals surface area (Å²) in [5, 5.41) is 20.4. The van der Waals surface area contributed by atoms with Crippen molar-refractivity contribution in [2.24, 2.45) is 0 Å². The molecule has 0 unspecified atom stereocenters. The number of likely N-dealkylation sites (tertiary alicyclic amines) is 1. The van der Waals surface area contributed by atoms with Gasteiger partial charge in [0.2, 0.25) is 5.91 Å². The van der Waals surface area contributed by atoms with E-state index in [1.807, 2.05) is 6.92 Å². The molecular weight excluding hydrogens is 360 g/mol. The van der Waals surface area contributed by atoms with Gasteiger partial charge in [-0.25, -0.2) is 0 Å². The van der Waals surface area contributed by atoms with E-state index >= 15 is 0 Å². The van der Waals surface area contributed by atoms with E-state index in [0.717, 1.165) is 0 Å². The fourth-order valence-corrected chi connectivity index (χ4v) is 3.93. The molecule has 0 bridgehead atoms. The van der Waals surface area contributed by atoms with Gasteiger partial charge in [-0.3, -0.25) is 4.79 Å². The monoisotopic (exact) mass is 388 g/mol. The summed E-state index contributed by atoms with van der Waals surface area (Å²) in [5.74, 6) is 0.573. The van der Waals surface area contributed by atoms with Crippen molar-refractivity contribution < 1.29 is 24.1 Å². The topological polar surface area (TPSA) is 92.0 Å². The molecule has 3 atom stereocenters. The van der Waals surface area contributed by atoms with Crippen molar-refractivity contribution in [1.82, 2.24) is 4.90 Å². The van der Waals surface area contributed by atoms with Crippen LogP contribution >= 0.6 is 0 Å². The normalized spacial score (nSPS) is 25.9. The summed E-state index contributed by atoms with van der Waals surface area (Å²) < 4.78 is 17.0. The Morgan fingerprint density at radius 3 is 2.82 bits per heavy atom. The second-order valence-corrected chi connectivity index (χ2v) is 7.72. The van der Waals surface area contributed by atoms with E-state index < -0.39 is 17.7 Å². The van der Waals surface area contributed by atoms with E-state index in [9.17, 15) is 15.2 Å². The summed E-state index contributed by atoms with van der Waals surface area (Å²) in [6.07, 6.45) is 0.157.